The van der Waals surface area contributed by atoms with Crippen LogP contribution in [0, 0.1) is 6.92 Å². The minimum absolute atomic E-state index is 0.00270. The van der Waals surface area contributed by atoms with Gasteiger partial charge in [0.25, 0.3) is 5.91 Å². The van der Waals surface area contributed by atoms with Gasteiger partial charge >= 0.3 is 0 Å². The summed E-state index contributed by atoms with van der Waals surface area (Å²) in [6, 6.07) is 5.58. The summed E-state index contributed by atoms with van der Waals surface area (Å²) < 4.78 is 7.56. The Bertz CT molecular complexity index is 905. The van der Waals surface area contributed by atoms with Crippen molar-refractivity contribution in [2.24, 2.45) is 0 Å². The molecule has 2 aromatic rings. The number of nitrogens with zero attached hydrogens (tertiary/aromatic N) is 3. The molecule has 0 bridgehead atoms. The molecular weight excluding hydrogens is 376 g/mol. The molecule has 7 nitrogen and oxygen atoms in total. The lowest BCUT2D eigenvalue weighted by Crippen LogP contribution is -2.26. The fourth-order valence-corrected chi connectivity index (χ4v) is 4.91. The van der Waals surface area contributed by atoms with Crippen molar-refractivity contribution in [3.8, 4) is 5.75 Å². The van der Waals surface area contributed by atoms with Crippen molar-refractivity contribution < 1.29 is 14.3 Å². The topological polar surface area (TPSA) is 86.1 Å². The van der Waals surface area contributed by atoms with E-state index in [-0.39, 0.29) is 23.5 Å². The summed E-state index contributed by atoms with van der Waals surface area (Å²) in [5, 5.41) is 11.8. The summed E-state index contributed by atoms with van der Waals surface area (Å²) in [7, 11) is 0. The number of aryl methyl sites for hydroxylation is 1. The second-order valence-electron chi connectivity index (χ2n) is 7.36. The molecule has 2 heterocycles. The summed E-state index contributed by atoms with van der Waals surface area (Å²) >= 11 is 1.45. The van der Waals surface area contributed by atoms with Gasteiger partial charge in [-0.3, -0.25) is 9.59 Å². The second-order valence-corrected chi connectivity index (χ2v) is 8.67. The van der Waals surface area contributed by atoms with Crippen molar-refractivity contribution >= 4 is 29.1 Å². The number of amides is 1. The standard InChI is InChI=1S/C20H24N4O3S/c1-12(19(26)14-8-9-17-16(10-14)21-18(25)11-27-17)28-20-23-22-13(2)24(20)15-6-4-3-5-7-15/h8-10,12,15H,3-7,11H2,1-2H3,(H,21,25). The zero-order valence-electron chi connectivity index (χ0n) is 16.1. The summed E-state index contributed by atoms with van der Waals surface area (Å²) in [4.78, 5) is 24.5. The SMILES string of the molecule is Cc1nnc(SC(C)C(=O)c2ccc3c(c2)NC(=O)CO3)n1C1CCCCC1. The molecule has 2 aliphatic rings. The average Bonchev–Trinajstić information content (AvgIpc) is 3.07. The first-order valence-corrected chi connectivity index (χ1v) is 10.6. The van der Waals surface area contributed by atoms with Crippen molar-refractivity contribution in [2.75, 3.05) is 11.9 Å². The molecule has 0 spiro atoms. The predicted molar refractivity (Wildman–Crippen MR) is 107 cm³/mol. The maximum absolute atomic E-state index is 13.0. The first kappa shape index (κ1) is 19.0. The van der Waals surface area contributed by atoms with Crippen molar-refractivity contribution in [1.29, 1.82) is 0 Å². The number of carbonyl (C=O) groups excluding carboxylic acids is 2. The molecule has 1 aliphatic carbocycles. The second kappa shape index (κ2) is 7.95. The number of rotatable bonds is 5. The van der Waals surface area contributed by atoms with Crippen LogP contribution in [-0.2, 0) is 4.79 Å². The molecule has 1 unspecified atom stereocenters. The number of fused-ring (bicyclic) bond motifs is 1. The lowest BCUT2D eigenvalue weighted by molar-refractivity contribution is -0.118. The van der Waals surface area contributed by atoms with Crippen LogP contribution in [0.25, 0.3) is 0 Å². The zero-order valence-corrected chi connectivity index (χ0v) is 16.9. The zero-order chi connectivity index (χ0) is 19.7. The van der Waals surface area contributed by atoms with Gasteiger partial charge in [0.2, 0.25) is 0 Å². The molecule has 1 atom stereocenters. The number of hydrogen-bond donors (Lipinski definition) is 1. The molecule has 0 radical (unpaired) electrons. The minimum Gasteiger partial charge on any atom is -0.482 e. The van der Waals surface area contributed by atoms with E-state index in [0.29, 0.717) is 23.0 Å². The third-order valence-electron chi connectivity index (χ3n) is 5.32. The van der Waals surface area contributed by atoms with Gasteiger partial charge < -0.3 is 14.6 Å². The number of Topliss-reactive ketones (excluding diaryl/α,β-unsaturated/α-hetero) is 1. The Morgan fingerprint density at radius 3 is 2.86 bits per heavy atom. The van der Waals surface area contributed by atoms with Crippen LogP contribution in [0.5, 0.6) is 5.75 Å². The van der Waals surface area contributed by atoms with Gasteiger partial charge in [0, 0.05) is 11.6 Å². The summed E-state index contributed by atoms with van der Waals surface area (Å²) in [6.07, 6.45) is 6.01. The van der Waals surface area contributed by atoms with E-state index in [9.17, 15) is 9.59 Å². The number of aromatic nitrogens is 3. The van der Waals surface area contributed by atoms with Crippen LogP contribution in [0.4, 0.5) is 5.69 Å². The van der Waals surface area contributed by atoms with Crippen molar-refractivity contribution in [3.63, 3.8) is 0 Å². The number of anilines is 1. The van der Waals surface area contributed by atoms with E-state index < -0.39 is 0 Å². The van der Waals surface area contributed by atoms with Crippen LogP contribution < -0.4 is 10.1 Å². The molecule has 8 heteroatoms. The first-order chi connectivity index (χ1) is 13.5. The van der Waals surface area contributed by atoms with E-state index in [1.807, 2.05) is 13.8 Å². The van der Waals surface area contributed by atoms with Crippen molar-refractivity contribution in [1.82, 2.24) is 14.8 Å². The Morgan fingerprint density at radius 2 is 2.07 bits per heavy atom. The monoisotopic (exact) mass is 400 g/mol. The Hall–Kier alpha value is -2.35. The van der Waals surface area contributed by atoms with E-state index in [1.54, 1.807) is 18.2 Å². The van der Waals surface area contributed by atoms with Crippen molar-refractivity contribution in [3.05, 3.63) is 29.6 Å². The van der Waals surface area contributed by atoms with E-state index in [4.69, 9.17) is 4.74 Å². The highest BCUT2D eigenvalue weighted by Gasteiger charge is 2.26. The van der Waals surface area contributed by atoms with Crippen LogP contribution in [0.1, 0.15) is 61.3 Å². The largest absolute Gasteiger partial charge is 0.482 e. The molecule has 1 aromatic heterocycles. The highest BCUT2D eigenvalue weighted by molar-refractivity contribution is 8.00. The van der Waals surface area contributed by atoms with E-state index in [1.165, 1.54) is 31.0 Å². The fourth-order valence-electron chi connectivity index (χ4n) is 3.87. The third kappa shape index (κ3) is 3.78. The van der Waals surface area contributed by atoms with Gasteiger partial charge in [0.1, 0.15) is 11.6 Å². The number of thioether (sulfide) groups is 1. The number of carbonyl (C=O) groups is 2. The van der Waals surface area contributed by atoms with Gasteiger partial charge in [-0.15, -0.1) is 10.2 Å². The number of hydrogen-bond acceptors (Lipinski definition) is 6. The van der Waals surface area contributed by atoms with E-state index >= 15 is 0 Å². The fraction of sp³-hybridized carbons (Fsp3) is 0.500. The first-order valence-electron chi connectivity index (χ1n) is 9.72. The van der Waals surface area contributed by atoms with Gasteiger partial charge in [-0.2, -0.15) is 0 Å². The number of benzene rings is 1. The Balaban J connectivity index is 1.51. The minimum atomic E-state index is -0.316. The average molecular weight is 401 g/mol. The van der Waals surface area contributed by atoms with Crippen LogP contribution in [-0.4, -0.2) is 38.3 Å². The number of ether oxygens (including phenoxy) is 1. The van der Waals surface area contributed by atoms with E-state index in [0.717, 1.165) is 23.8 Å². The lowest BCUT2D eigenvalue weighted by Gasteiger charge is -2.25. The maximum atomic E-state index is 13.0. The van der Waals surface area contributed by atoms with Gasteiger partial charge in [-0.1, -0.05) is 31.0 Å². The molecular formula is C20H24N4O3S. The highest BCUT2D eigenvalue weighted by Crippen LogP contribution is 2.35. The Kier molecular flexibility index (Phi) is 5.39. The summed E-state index contributed by atoms with van der Waals surface area (Å²) in [5.74, 6) is 1.27. The van der Waals surface area contributed by atoms with E-state index in [2.05, 4.69) is 20.1 Å². The molecule has 1 saturated carbocycles. The highest BCUT2D eigenvalue weighted by atomic mass is 32.2. The van der Waals surface area contributed by atoms with Crippen LogP contribution in [0.2, 0.25) is 0 Å². The van der Waals surface area contributed by atoms with Gasteiger partial charge in [-0.25, -0.2) is 0 Å². The molecule has 1 aromatic carbocycles. The molecule has 1 N–H and O–H groups in total. The molecule has 28 heavy (non-hydrogen) atoms. The number of ketones is 1. The smallest absolute Gasteiger partial charge is 0.262 e. The molecule has 1 fully saturated rings. The van der Waals surface area contributed by atoms with Gasteiger partial charge in [-0.05, 0) is 44.9 Å². The summed E-state index contributed by atoms with van der Waals surface area (Å²) in [5.41, 5.74) is 1.09. The van der Waals surface area contributed by atoms with Gasteiger partial charge in [0.05, 0.1) is 10.9 Å². The molecule has 1 amide bonds. The van der Waals surface area contributed by atoms with Crippen LogP contribution in [0.3, 0.4) is 0 Å². The Labute approximate surface area is 168 Å². The predicted octanol–water partition coefficient (Wildman–Crippen LogP) is 3.79. The van der Waals surface area contributed by atoms with Crippen LogP contribution in [0.15, 0.2) is 23.4 Å². The molecule has 1 aliphatic heterocycles. The summed E-state index contributed by atoms with van der Waals surface area (Å²) in [6.45, 7) is 3.86. The Morgan fingerprint density at radius 1 is 1.29 bits per heavy atom. The van der Waals surface area contributed by atoms with Crippen LogP contribution >= 0.6 is 11.8 Å². The van der Waals surface area contributed by atoms with Crippen molar-refractivity contribution in [2.45, 2.75) is 62.4 Å². The molecule has 4 rings (SSSR count). The normalized spacial score (nSPS) is 18.1. The maximum Gasteiger partial charge on any atom is 0.262 e. The third-order valence-corrected chi connectivity index (χ3v) is 6.38. The quantitative estimate of drug-likeness (QED) is 0.607. The van der Waals surface area contributed by atoms with Gasteiger partial charge in [0.15, 0.2) is 17.5 Å². The molecule has 0 saturated heterocycles. The number of nitrogens with one attached hydrogen (secondary N) is 1. The molecule has 148 valence electrons. The lowest BCUT2D eigenvalue weighted by atomic mass is 9.95.